The molecule has 4 rings (SSSR count). The Hall–Kier alpha value is -2.35. The second kappa shape index (κ2) is 8.56. The van der Waals surface area contributed by atoms with Crippen molar-refractivity contribution < 1.29 is 9.15 Å². The number of hydrogen-bond acceptors (Lipinski definition) is 5. The summed E-state index contributed by atoms with van der Waals surface area (Å²) >= 11 is 0. The molecule has 0 spiro atoms. The molecule has 2 aliphatic rings. The van der Waals surface area contributed by atoms with Gasteiger partial charge in [0.05, 0.1) is 18.9 Å². The largest absolute Gasteiger partial charge is 0.469 e. The number of hydrogen-bond donors (Lipinski definition) is 2. The predicted octanol–water partition coefficient (Wildman–Crippen LogP) is 1.83. The first-order valence-electron chi connectivity index (χ1n) is 9.84. The molecule has 2 aromatic rings. The van der Waals surface area contributed by atoms with Crippen molar-refractivity contribution in [2.45, 2.75) is 45.2 Å². The standard InChI is InChI=1S/C19H28N6O2/c1-14-22-18-17(5-2-9-25(18)24-14)23-19(21-12-15-7-11-26-13-15)20-8-6-16-4-3-10-27-16/h3-4,10,15,17H,2,5-9,11-13H2,1H3,(H2,20,21,23). The quantitative estimate of drug-likeness (QED) is 0.594. The summed E-state index contributed by atoms with van der Waals surface area (Å²) in [4.78, 5) is 9.44. The number of aliphatic imine (C=N–C) groups is 1. The molecule has 0 bridgehead atoms. The minimum absolute atomic E-state index is 0.134. The summed E-state index contributed by atoms with van der Waals surface area (Å²) in [5.41, 5.74) is 0. The summed E-state index contributed by atoms with van der Waals surface area (Å²) in [6.45, 7) is 6.07. The van der Waals surface area contributed by atoms with Crippen LogP contribution in [0.2, 0.25) is 0 Å². The van der Waals surface area contributed by atoms with E-state index in [0.717, 1.165) is 81.9 Å². The zero-order chi connectivity index (χ0) is 18.5. The van der Waals surface area contributed by atoms with Gasteiger partial charge in [0, 0.05) is 38.6 Å². The van der Waals surface area contributed by atoms with E-state index in [4.69, 9.17) is 14.1 Å². The molecule has 0 amide bonds. The highest BCUT2D eigenvalue weighted by atomic mass is 16.5. The average Bonchev–Trinajstić information content (AvgIpc) is 3.41. The van der Waals surface area contributed by atoms with Crippen molar-refractivity contribution in [2.24, 2.45) is 10.9 Å². The molecule has 2 unspecified atom stereocenters. The second-order valence-electron chi connectivity index (χ2n) is 7.25. The van der Waals surface area contributed by atoms with Crippen LogP contribution in [-0.2, 0) is 17.7 Å². The molecule has 0 radical (unpaired) electrons. The molecule has 0 aliphatic carbocycles. The number of ether oxygens (including phenoxy) is 1. The molecule has 1 fully saturated rings. The number of rotatable bonds is 6. The highest BCUT2D eigenvalue weighted by molar-refractivity contribution is 5.80. The van der Waals surface area contributed by atoms with Crippen LogP contribution in [0.4, 0.5) is 0 Å². The molecule has 2 aliphatic heterocycles. The van der Waals surface area contributed by atoms with Crippen LogP contribution < -0.4 is 10.6 Å². The van der Waals surface area contributed by atoms with Crippen molar-refractivity contribution in [3.8, 4) is 0 Å². The van der Waals surface area contributed by atoms with Crippen molar-refractivity contribution in [3.63, 3.8) is 0 Å². The van der Waals surface area contributed by atoms with Crippen molar-refractivity contribution in [1.82, 2.24) is 25.4 Å². The molecule has 0 aromatic carbocycles. The van der Waals surface area contributed by atoms with Gasteiger partial charge in [0.25, 0.3) is 0 Å². The molecule has 146 valence electrons. The van der Waals surface area contributed by atoms with Gasteiger partial charge in [0.15, 0.2) is 5.96 Å². The fourth-order valence-corrected chi connectivity index (χ4v) is 3.63. The van der Waals surface area contributed by atoms with Gasteiger partial charge in [-0.15, -0.1) is 0 Å². The third-order valence-electron chi connectivity index (χ3n) is 5.07. The molecule has 4 heterocycles. The number of nitrogens with zero attached hydrogens (tertiary/aromatic N) is 4. The summed E-state index contributed by atoms with van der Waals surface area (Å²) in [7, 11) is 0. The lowest BCUT2D eigenvalue weighted by atomic mass is 10.1. The number of nitrogens with one attached hydrogen (secondary N) is 2. The lowest BCUT2D eigenvalue weighted by Gasteiger charge is -2.25. The Kier molecular flexibility index (Phi) is 5.72. The van der Waals surface area contributed by atoms with Gasteiger partial charge in [-0.2, -0.15) is 5.10 Å². The van der Waals surface area contributed by atoms with Gasteiger partial charge in [-0.25, -0.2) is 9.67 Å². The number of aromatic nitrogens is 3. The molecule has 8 nitrogen and oxygen atoms in total. The van der Waals surface area contributed by atoms with Crippen LogP contribution in [0.3, 0.4) is 0 Å². The third kappa shape index (κ3) is 4.68. The zero-order valence-electron chi connectivity index (χ0n) is 15.9. The maximum absolute atomic E-state index is 5.47. The molecule has 1 saturated heterocycles. The van der Waals surface area contributed by atoms with Gasteiger partial charge in [-0.3, -0.25) is 4.99 Å². The number of aryl methyl sites for hydroxylation is 2. The Morgan fingerprint density at radius 3 is 3.19 bits per heavy atom. The number of fused-ring (bicyclic) bond motifs is 1. The van der Waals surface area contributed by atoms with E-state index >= 15 is 0 Å². The molecular formula is C19H28N6O2. The van der Waals surface area contributed by atoms with E-state index in [9.17, 15) is 0 Å². The molecule has 2 N–H and O–H groups in total. The average molecular weight is 372 g/mol. The highest BCUT2D eigenvalue weighted by Crippen LogP contribution is 2.23. The van der Waals surface area contributed by atoms with E-state index in [0.29, 0.717) is 5.92 Å². The molecule has 0 saturated carbocycles. The second-order valence-corrected chi connectivity index (χ2v) is 7.25. The van der Waals surface area contributed by atoms with E-state index in [2.05, 4.69) is 20.7 Å². The first-order chi connectivity index (χ1) is 13.3. The van der Waals surface area contributed by atoms with Gasteiger partial charge in [-0.05, 0) is 38.3 Å². The Labute approximate surface area is 159 Å². The Balaban J connectivity index is 1.41. The van der Waals surface area contributed by atoms with E-state index in [1.54, 1.807) is 6.26 Å². The molecule has 27 heavy (non-hydrogen) atoms. The highest BCUT2D eigenvalue weighted by Gasteiger charge is 2.24. The summed E-state index contributed by atoms with van der Waals surface area (Å²) in [5.74, 6) is 4.13. The summed E-state index contributed by atoms with van der Waals surface area (Å²) in [5, 5.41) is 11.5. The first kappa shape index (κ1) is 18.0. The van der Waals surface area contributed by atoms with Gasteiger partial charge in [-0.1, -0.05) is 0 Å². The minimum atomic E-state index is 0.134. The zero-order valence-corrected chi connectivity index (χ0v) is 15.9. The maximum Gasteiger partial charge on any atom is 0.191 e. The SMILES string of the molecule is Cc1nc2n(n1)CCCC2NC(=NCC1CCOC1)NCCc1ccco1. The van der Waals surface area contributed by atoms with Crippen molar-refractivity contribution in [3.05, 3.63) is 35.8 Å². The van der Waals surface area contributed by atoms with Gasteiger partial charge in [0.1, 0.15) is 17.4 Å². The van der Waals surface area contributed by atoms with Gasteiger partial charge in [0.2, 0.25) is 0 Å². The van der Waals surface area contributed by atoms with Gasteiger partial charge < -0.3 is 19.8 Å². The van der Waals surface area contributed by atoms with E-state index in [1.165, 1.54) is 0 Å². The predicted molar refractivity (Wildman–Crippen MR) is 102 cm³/mol. The molecule has 8 heteroatoms. The Bertz CT molecular complexity index is 748. The van der Waals surface area contributed by atoms with E-state index in [1.807, 2.05) is 23.7 Å². The first-order valence-corrected chi connectivity index (χ1v) is 9.84. The smallest absolute Gasteiger partial charge is 0.191 e. The van der Waals surface area contributed by atoms with Crippen LogP contribution in [0.1, 0.15) is 42.7 Å². The van der Waals surface area contributed by atoms with Crippen LogP contribution in [-0.4, -0.2) is 47.0 Å². The van der Waals surface area contributed by atoms with Crippen molar-refractivity contribution >= 4 is 5.96 Å². The van der Waals surface area contributed by atoms with Crippen LogP contribution in [0.25, 0.3) is 0 Å². The van der Waals surface area contributed by atoms with Crippen LogP contribution in [0.15, 0.2) is 27.8 Å². The summed E-state index contributed by atoms with van der Waals surface area (Å²) < 4.78 is 12.9. The van der Waals surface area contributed by atoms with E-state index in [-0.39, 0.29) is 6.04 Å². The normalized spacial score (nSPS) is 22.6. The fraction of sp³-hybridized carbons (Fsp3) is 0.632. The van der Waals surface area contributed by atoms with Crippen LogP contribution >= 0.6 is 0 Å². The topological polar surface area (TPSA) is 89.5 Å². The fourth-order valence-electron chi connectivity index (χ4n) is 3.63. The molecule has 2 aromatic heterocycles. The lowest BCUT2D eigenvalue weighted by molar-refractivity contribution is 0.187. The van der Waals surface area contributed by atoms with Crippen LogP contribution in [0.5, 0.6) is 0 Å². The van der Waals surface area contributed by atoms with E-state index < -0.39 is 0 Å². The summed E-state index contributed by atoms with van der Waals surface area (Å²) in [6.07, 6.45) is 5.73. The lowest BCUT2D eigenvalue weighted by Crippen LogP contribution is -2.42. The monoisotopic (exact) mass is 372 g/mol. The molecular weight excluding hydrogens is 344 g/mol. The van der Waals surface area contributed by atoms with Crippen molar-refractivity contribution in [1.29, 1.82) is 0 Å². The molecule has 2 atom stereocenters. The minimum Gasteiger partial charge on any atom is -0.469 e. The number of furan rings is 1. The summed E-state index contributed by atoms with van der Waals surface area (Å²) in [6, 6.07) is 4.04. The van der Waals surface area contributed by atoms with Crippen LogP contribution in [0, 0.1) is 12.8 Å². The Morgan fingerprint density at radius 2 is 2.37 bits per heavy atom. The Morgan fingerprint density at radius 1 is 1.41 bits per heavy atom. The maximum atomic E-state index is 5.47. The van der Waals surface area contributed by atoms with Crippen molar-refractivity contribution in [2.75, 3.05) is 26.3 Å². The van der Waals surface area contributed by atoms with Gasteiger partial charge >= 0.3 is 0 Å². The number of guanidine groups is 1. The third-order valence-corrected chi connectivity index (χ3v) is 5.07.